The van der Waals surface area contributed by atoms with E-state index in [0.29, 0.717) is 29.0 Å². The van der Waals surface area contributed by atoms with Gasteiger partial charge in [-0.25, -0.2) is 13.4 Å². The van der Waals surface area contributed by atoms with Crippen molar-refractivity contribution in [2.45, 2.75) is 24.7 Å². The second-order valence-corrected chi connectivity index (χ2v) is 10.8. The van der Waals surface area contributed by atoms with Crippen molar-refractivity contribution in [2.24, 2.45) is 11.0 Å². The molecule has 1 unspecified atom stereocenters. The topological polar surface area (TPSA) is 74.7 Å². The van der Waals surface area contributed by atoms with Gasteiger partial charge in [0.2, 0.25) is 15.2 Å². The van der Waals surface area contributed by atoms with E-state index in [9.17, 15) is 8.42 Å². The van der Waals surface area contributed by atoms with Crippen LogP contribution in [0.1, 0.15) is 24.6 Å². The van der Waals surface area contributed by atoms with E-state index < -0.39 is 10.0 Å². The van der Waals surface area contributed by atoms with E-state index in [0.717, 1.165) is 29.0 Å². The molecule has 0 spiro atoms. The third-order valence-electron chi connectivity index (χ3n) is 4.79. The summed E-state index contributed by atoms with van der Waals surface area (Å²) in [4.78, 5) is 5.91. The highest BCUT2D eigenvalue weighted by Gasteiger charge is 2.28. The van der Waals surface area contributed by atoms with Gasteiger partial charge in [-0.2, -0.15) is 9.41 Å². The van der Waals surface area contributed by atoms with Crippen molar-refractivity contribution < 1.29 is 8.42 Å². The number of sulfonamides is 1. The van der Waals surface area contributed by atoms with Crippen LogP contribution < -0.4 is 5.43 Å². The number of nitrogens with zero attached hydrogens (tertiary/aromatic N) is 3. The van der Waals surface area contributed by atoms with Gasteiger partial charge in [0.1, 0.15) is 0 Å². The molecule has 0 bridgehead atoms. The summed E-state index contributed by atoms with van der Waals surface area (Å²) in [6.45, 7) is 3.27. The molecule has 6 nitrogen and oxygen atoms in total. The zero-order valence-electron chi connectivity index (χ0n) is 16.0. The molecule has 0 radical (unpaired) electrons. The van der Waals surface area contributed by atoms with Crippen LogP contribution in [0, 0.1) is 5.92 Å². The third-order valence-corrected chi connectivity index (χ3v) is 8.20. The van der Waals surface area contributed by atoms with E-state index in [1.807, 2.05) is 29.0 Å². The van der Waals surface area contributed by atoms with Gasteiger partial charge in [0.25, 0.3) is 0 Å². The minimum atomic E-state index is -3.49. The molecule has 3 aromatic rings. The van der Waals surface area contributed by atoms with Gasteiger partial charge in [-0.05, 0) is 42.3 Å². The minimum absolute atomic E-state index is 0.322. The molecule has 0 aliphatic carbocycles. The molecule has 152 valence electrons. The Labute approximate surface area is 179 Å². The van der Waals surface area contributed by atoms with Crippen molar-refractivity contribution in [1.29, 1.82) is 0 Å². The Balaban J connectivity index is 1.51. The first-order valence-electron chi connectivity index (χ1n) is 9.41. The average molecular weight is 447 g/mol. The molecule has 1 aromatic carbocycles. The van der Waals surface area contributed by atoms with Crippen LogP contribution in [0.4, 0.5) is 5.13 Å². The molecular formula is C20H22N4O2S3. The number of anilines is 1. The highest BCUT2D eigenvalue weighted by molar-refractivity contribution is 7.89. The predicted molar refractivity (Wildman–Crippen MR) is 120 cm³/mol. The van der Waals surface area contributed by atoms with Crippen molar-refractivity contribution in [3.8, 4) is 11.3 Å². The first kappa shape index (κ1) is 20.2. The van der Waals surface area contributed by atoms with E-state index in [4.69, 9.17) is 0 Å². The smallest absolute Gasteiger partial charge is 0.243 e. The number of hydrogen-bond acceptors (Lipinski definition) is 7. The van der Waals surface area contributed by atoms with Crippen LogP contribution in [0.15, 0.2) is 57.2 Å². The Kier molecular flexibility index (Phi) is 6.09. The summed E-state index contributed by atoms with van der Waals surface area (Å²) in [5.74, 6) is 0.392. The van der Waals surface area contributed by atoms with Crippen LogP contribution in [0.2, 0.25) is 0 Å². The maximum atomic E-state index is 13.1. The Morgan fingerprint density at radius 2 is 2.17 bits per heavy atom. The Hall–Kier alpha value is -2.07. The fraction of sp³-hybridized carbons (Fsp3) is 0.300. The Morgan fingerprint density at radius 1 is 1.28 bits per heavy atom. The number of benzene rings is 1. The SMILES string of the molecule is CC1CCCN(S(=O)(=O)c2cccc(-c3csc(N/N=C/c4cccs4)n3)c2)C1. The maximum absolute atomic E-state index is 13.1. The van der Waals surface area contributed by atoms with E-state index in [-0.39, 0.29) is 0 Å². The summed E-state index contributed by atoms with van der Waals surface area (Å²) >= 11 is 3.04. The lowest BCUT2D eigenvalue weighted by Crippen LogP contribution is -2.39. The Bertz CT molecular complexity index is 1090. The maximum Gasteiger partial charge on any atom is 0.243 e. The highest BCUT2D eigenvalue weighted by Crippen LogP contribution is 2.29. The summed E-state index contributed by atoms with van der Waals surface area (Å²) in [5.41, 5.74) is 4.44. The lowest BCUT2D eigenvalue weighted by molar-refractivity contribution is 0.281. The number of nitrogens with one attached hydrogen (secondary N) is 1. The molecule has 1 aliphatic rings. The standard InChI is InChI=1S/C20H22N4O2S3/c1-15-5-3-9-24(13-15)29(25,26)18-8-2-6-16(11-18)19-14-28-20(22-19)23-21-12-17-7-4-10-27-17/h2,4,6-8,10-12,14-15H,3,5,9,13H2,1H3,(H,22,23)/b21-12+. The molecule has 0 saturated carbocycles. The Morgan fingerprint density at radius 3 is 2.97 bits per heavy atom. The largest absolute Gasteiger partial charge is 0.253 e. The van der Waals surface area contributed by atoms with Gasteiger partial charge in [0.05, 0.1) is 16.8 Å². The number of rotatable bonds is 6. The number of piperidine rings is 1. The normalized spacial score (nSPS) is 18.3. The molecule has 2 aromatic heterocycles. The minimum Gasteiger partial charge on any atom is -0.253 e. The molecule has 1 N–H and O–H groups in total. The lowest BCUT2D eigenvalue weighted by atomic mass is 10.0. The summed E-state index contributed by atoms with van der Waals surface area (Å²) in [6, 6.07) is 11.0. The highest BCUT2D eigenvalue weighted by atomic mass is 32.2. The fourth-order valence-corrected chi connectivity index (χ4v) is 6.20. The van der Waals surface area contributed by atoms with E-state index in [2.05, 4.69) is 22.4 Å². The molecule has 3 heterocycles. The van der Waals surface area contributed by atoms with Gasteiger partial charge in [-0.15, -0.1) is 22.7 Å². The van der Waals surface area contributed by atoms with Crippen LogP contribution >= 0.6 is 22.7 Å². The molecule has 1 atom stereocenters. The number of thiazole rings is 1. The summed E-state index contributed by atoms with van der Waals surface area (Å²) in [6.07, 6.45) is 3.74. The predicted octanol–water partition coefficient (Wildman–Crippen LogP) is 4.74. The summed E-state index contributed by atoms with van der Waals surface area (Å²) in [7, 11) is -3.49. The molecule has 1 aliphatic heterocycles. The van der Waals surface area contributed by atoms with Crippen LogP contribution in [0.5, 0.6) is 0 Å². The van der Waals surface area contributed by atoms with Gasteiger partial charge in [-0.3, -0.25) is 5.43 Å². The van der Waals surface area contributed by atoms with Crippen molar-refractivity contribution in [3.63, 3.8) is 0 Å². The molecule has 29 heavy (non-hydrogen) atoms. The van der Waals surface area contributed by atoms with Crippen LogP contribution in [0.3, 0.4) is 0 Å². The lowest BCUT2D eigenvalue weighted by Gasteiger charge is -2.30. The summed E-state index contributed by atoms with van der Waals surface area (Å²) in [5, 5.41) is 8.75. The first-order valence-corrected chi connectivity index (χ1v) is 12.6. The van der Waals surface area contributed by atoms with Gasteiger partial charge in [0, 0.05) is 28.9 Å². The van der Waals surface area contributed by atoms with Crippen molar-refractivity contribution in [1.82, 2.24) is 9.29 Å². The second kappa shape index (κ2) is 8.74. The molecule has 4 rings (SSSR count). The van der Waals surface area contributed by atoms with E-state index in [1.54, 1.807) is 40.1 Å². The zero-order valence-corrected chi connectivity index (χ0v) is 18.4. The average Bonchev–Trinajstić information content (AvgIpc) is 3.40. The molecular weight excluding hydrogens is 424 g/mol. The van der Waals surface area contributed by atoms with Gasteiger partial charge < -0.3 is 0 Å². The summed E-state index contributed by atoms with van der Waals surface area (Å²) < 4.78 is 27.7. The van der Waals surface area contributed by atoms with Gasteiger partial charge in [-0.1, -0.05) is 25.1 Å². The zero-order chi connectivity index (χ0) is 20.3. The van der Waals surface area contributed by atoms with Crippen LogP contribution in [-0.4, -0.2) is 37.0 Å². The monoisotopic (exact) mass is 446 g/mol. The number of thiophene rings is 1. The second-order valence-electron chi connectivity index (χ2n) is 7.06. The fourth-order valence-electron chi connectivity index (χ4n) is 3.30. The molecule has 1 fully saturated rings. The number of hydrazone groups is 1. The third kappa shape index (κ3) is 4.75. The van der Waals surface area contributed by atoms with E-state index >= 15 is 0 Å². The van der Waals surface area contributed by atoms with Gasteiger partial charge >= 0.3 is 0 Å². The van der Waals surface area contributed by atoms with Gasteiger partial charge in [0.15, 0.2) is 0 Å². The van der Waals surface area contributed by atoms with Crippen molar-refractivity contribution in [2.75, 3.05) is 18.5 Å². The number of aromatic nitrogens is 1. The van der Waals surface area contributed by atoms with Crippen LogP contribution in [0.25, 0.3) is 11.3 Å². The molecule has 1 saturated heterocycles. The first-order chi connectivity index (χ1) is 14.0. The molecule has 0 amide bonds. The van der Waals surface area contributed by atoms with Crippen molar-refractivity contribution >= 4 is 44.0 Å². The quantitative estimate of drug-likeness (QED) is 0.438. The van der Waals surface area contributed by atoms with Crippen molar-refractivity contribution in [3.05, 3.63) is 52.0 Å². The van der Waals surface area contributed by atoms with Crippen LogP contribution in [-0.2, 0) is 10.0 Å². The number of hydrogen-bond donors (Lipinski definition) is 1. The van der Waals surface area contributed by atoms with E-state index in [1.165, 1.54) is 11.3 Å². The molecule has 9 heteroatoms.